The van der Waals surface area contributed by atoms with E-state index in [0.717, 1.165) is 30.6 Å². The number of unbranched alkanes of at least 4 members (excludes halogenated alkanes) is 5. The second-order valence-corrected chi connectivity index (χ2v) is 10.2. The maximum absolute atomic E-state index is 9.69. The number of methoxy groups -OCH3 is 2. The molecule has 0 heterocycles. The van der Waals surface area contributed by atoms with Crippen LogP contribution in [0.5, 0.6) is 11.5 Å². The number of ether oxygens (including phenoxy) is 2. The van der Waals surface area contributed by atoms with Crippen LogP contribution >= 0.6 is 11.8 Å². The molecule has 0 saturated carbocycles. The number of nitrogens with zero attached hydrogens (tertiary/aromatic N) is 2. The van der Waals surface area contributed by atoms with Gasteiger partial charge in [-0.3, -0.25) is 0 Å². The molecular weight excluding hydrogens is 436 g/mol. The highest BCUT2D eigenvalue weighted by molar-refractivity contribution is 7.99. The number of thioether (sulfide) groups is 1. The van der Waals surface area contributed by atoms with E-state index in [9.17, 15) is 10.4 Å². The molecule has 2 rings (SSSR count). The van der Waals surface area contributed by atoms with Crippen molar-refractivity contribution in [3.8, 4) is 11.5 Å². The minimum Gasteiger partial charge on any atom is -0.496 e. The molecule has 184 valence electrons. The van der Waals surface area contributed by atoms with Gasteiger partial charge in [0, 0.05) is 10.8 Å². The number of benzene rings is 1. The average Bonchev–Trinajstić information content (AvgIpc) is 2.82. The lowest BCUT2D eigenvalue weighted by Crippen LogP contribution is -2.18. The Morgan fingerprint density at radius 1 is 0.879 bits per heavy atom. The maximum Gasteiger partial charge on any atom is 0.133 e. The summed E-state index contributed by atoms with van der Waals surface area (Å²) in [4.78, 5) is 0. The molecule has 0 bridgehead atoms. The van der Waals surface area contributed by atoms with Gasteiger partial charge in [-0.15, -0.1) is 0 Å². The first kappa shape index (κ1) is 27.1. The van der Waals surface area contributed by atoms with Gasteiger partial charge in [0.25, 0.3) is 0 Å². The van der Waals surface area contributed by atoms with Crippen LogP contribution in [0, 0.1) is 5.92 Å². The molecule has 1 atom stereocenters. The van der Waals surface area contributed by atoms with Crippen molar-refractivity contribution < 1.29 is 19.9 Å². The Kier molecular flexibility index (Phi) is 11.6. The molecule has 0 spiro atoms. The minimum absolute atomic E-state index is 0.226. The Morgan fingerprint density at radius 3 is 2.09 bits per heavy atom. The summed E-state index contributed by atoms with van der Waals surface area (Å²) in [7, 11) is 3.23. The lowest BCUT2D eigenvalue weighted by Gasteiger charge is -2.26. The summed E-state index contributed by atoms with van der Waals surface area (Å²) >= 11 is 1.95. The standard InChI is InChI=1S/C26H40N2O4S/c1-6-7-8-9-10-11-12-23(33-16-15-18(2)3)19-17-22(31-4)24-20(27-29)13-14-21(28-30)25(24)26(19)32-5/h13-14,17-18,23,29-30H,6-12,15-16H2,1-5H3. The van der Waals surface area contributed by atoms with E-state index >= 15 is 0 Å². The highest BCUT2D eigenvalue weighted by Crippen LogP contribution is 2.46. The van der Waals surface area contributed by atoms with Gasteiger partial charge in [-0.05, 0) is 42.7 Å². The van der Waals surface area contributed by atoms with Gasteiger partial charge < -0.3 is 19.9 Å². The molecule has 1 aromatic rings. The SMILES string of the molecule is CCCCCCCCC(SCCC(C)C)c1cc(OC)c2c(c1OC)C(=NO)C=CC2=NO. The normalized spacial score (nSPS) is 16.4. The van der Waals surface area contributed by atoms with Crippen molar-refractivity contribution in [2.75, 3.05) is 20.0 Å². The van der Waals surface area contributed by atoms with E-state index in [2.05, 4.69) is 31.1 Å². The third-order valence-corrected chi connectivity index (χ3v) is 7.37. The van der Waals surface area contributed by atoms with Crippen LogP contribution < -0.4 is 9.47 Å². The Bertz CT molecular complexity index is 849. The predicted molar refractivity (Wildman–Crippen MR) is 138 cm³/mol. The van der Waals surface area contributed by atoms with Crippen molar-refractivity contribution in [2.45, 2.75) is 77.4 Å². The minimum atomic E-state index is 0.226. The van der Waals surface area contributed by atoms with Gasteiger partial charge in [0.15, 0.2) is 0 Å². The zero-order valence-electron chi connectivity index (χ0n) is 20.8. The Balaban J connectivity index is 2.46. The Hall–Kier alpha value is -2.15. The number of oxime groups is 2. The lowest BCUT2D eigenvalue weighted by molar-refractivity contribution is 0.317. The molecule has 6 nitrogen and oxygen atoms in total. The molecular formula is C26H40N2O4S. The highest BCUT2D eigenvalue weighted by Gasteiger charge is 2.31. The van der Waals surface area contributed by atoms with Crippen LogP contribution in [0.3, 0.4) is 0 Å². The molecule has 1 unspecified atom stereocenters. The van der Waals surface area contributed by atoms with Crippen LogP contribution in [0.15, 0.2) is 28.5 Å². The highest BCUT2D eigenvalue weighted by atomic mass is 32.2. The topological polar surface area (TPSA) is 83.6 Å². The first-order valence-electron chi connectivity index (χ1n) is 12.1. The van der Waals surface area contributed by atoms with Crippen molar-refractivity contribution in [1.29, 1.82) is 0 Å². The van der Waals surface area contributed by atoms with Gasteiger partial charge in [-0.1, -0.05) is 69.6 Å². The third-order valence-electron chi connectivity index (χ3n) is 6.00. The first-order valence-corrected chi connectivity index (χ1v) is 13.1. The van der Waals surface area contributed by atoms with Crippen molar-refractivity contribution in [2.24, 2.45) is 16.2 Å². The average molecular weight is 477 g/mol. The molecule has 1 aliphatic rings. The lowest BCUT2D eigenvalue weighted by atomic mass is 9.88. The van der Waals surface area contributed by atoms with E-state index in [1.54, 1.807) is 26.4 Å². The predicted octanol–water partition coefficient (Wildman–Crippen LogP) is 7.20. The second-order valence-electron chi connectivity index (χ2n) is 8.85. The molecule has 0 fully saturated rings. The second kappa shape index (κ2) is 14.2. The van der Waals surface area contributed by atoms with Crippen molar-refractivity contribution in [3.05, 3.63) is 34.9 Å². The summed E-state index contributed by atoms with van der Waals surface area (Å²) in [6.45, 7) is 6.74. The fourth-order valence-corrected chi connectivity index (χ4v) is 5.73. The van der Waals surface area contributed by atoms with Crippen molar-refractivity contribution >= 4 is 23.2 Å². The molecule has 0 radical (unpaired) electrons. The molecule has 1 aromatic carbocycles. The summed E-state index contributed by atoms with van der Waals surface area (Å²) in [5.41, 5.74) is 2.91. The van der Waals surface area contributed by atoms with E-state index in [1.807, 2.05) is 17.8 Å². The zero-order chi connectivity index (χ0) is 24.2. The third kappa shape index (κ3) is 7.16. The van der Waals surface area contributed by atoms with E-state index in [0.29, 0.717) is 40.0 Å². The molecule has 2 N–H and O–H groups in total. The molecule has 0 aliphatic heterocycles. The maximum atomic E-state index is 9.69. The number of allylic oxidation sites excluding steroid dienone is 2. The molecule has 7 heteroatoms. The molecule has 1 aliphatic carbocycles. The largest absolute Gasteiger partial charge is 0.496 e. The van der Waals surface area contributed by atoms with Crippen molar-refractivity contribution in [3.63, 3.8) is 0 Å². The summed E-state index contributed by atoms with van der Waals surface area (Å²) in [6.07, 6.45) is 12.9. The quantitative estimate of drug-likeness (QED) is 0.168. The van der Waals surface area contributed by atoms with Crippen LogP contribution in [-0.2, 0) is 0 Å². The van der Waals surface area contributed by atoms with E-state index in [-0.39, 0.29) is 5.25 Å². The number of hydrogen-bond donors (Lipinski definition) is 2. The summed E-state index contributed by atoms with van der Waals surface area (Å²) in [5.74, 6) is 2.94. The van der Waals surface area contributed by atoms with Crippen LogP contribution in [0.2, 0.25) is 0 Å². The van der Waals surface area contributed by atoms with Gasteiger partial charge in [0.1, 0.15) is 22.9 Å². The smallest absolute Gasteiger partial charge is 0.133 e. The monoisotopic (exact) mass is 476 g/mol. The van der Waals surface area contributed by atoms with Crippen molar-refractivity contribution in [1.82, 2.24) is 0 Å². The first-order chi connectivity index (χ1) is 16.0. The van der Waals surface area contributed by atoms with Gasteiger partial charge in [-0.25, -0.2) is 0 Å². The van der Waals surface area contributed by atoms with Crippen LogP contribution in [0.4, 0.5) is 0 Å². The zero-order valence-corrected chi connectivity index (χ0v) is 21.6. The van der Waals surface area contributed by atoms with Crippen LogP contribution in [0.25, 0.3) is 0 Å². The molecule has 33 heavy (non-hydrogen) atoms. The summed E-state index contributed by atoms with van der Waals surface area (Å²) < 4.78 is 11.6. The van der Waals surface area contributed by atoms with Gasteiger partial charge >= 0.3 is 0 Å². The molecule has 0 amide bonds. The fraction of sp³-hybridized carbons (Fsp3) is 0.615. The van der Waals surface area contributed by atoms with Crippen LogP contribution in [0.1, 0.15) is 94.1 Å². The number of rotatable bonds is 14. The molecule has 0 saturated heterocycles. The van der Waals surface area contributed by atoms with E-state index < -0.39 is 0 Å². The summed E-state index contributed by atoms with van der Waals surface area (Å²) in [5, 5.41) is 26.4. The molecule has 0 aromatic heterocycles. The van der Waals surface area contributed by atoms with E-state index in [4.69, 9.17) is 9.47 Å². The van der Waals surface area contributed by atoms with Gasteiger partial charge in [-0.2, -0.15) is 11.8 Å². The number of fused-ring (bicyclic) bond motifs is 1. The summed E-state index contributed by atoms with van der Waals surface area (Å²) in [6, 6.07) is 2.00. The Morgan fingerprint density at radius 2 is 1.52 bits per heavy atom. The van der Waals surface area contributed by atoms with Gasteiger partial charge in [0.05, 0.1) is 25.3 Å². The van der Waals surface area contributed by atoms with Crippen LogP contribution in [-0.4, -0.2) is 41.8 Å². The Labute approximate surface area is 203 Å². The van der Waals surface area contributed by atoms with Gasteiger partial charge in [0.2, 0.25) is 0 Å². The number of hydrogen-bond acceptors (Lipinski definition) is 7. The fourth-order valence-electron chi connectivity index (χ4n) is 4.15. The van der Waals surface area contributed by atoms with E-state index in [1.165, 1.54) is 32.1 Å².